The molecule has 0 spiro atoms. The average Bonchev–Trinajstić information content (AvgIpc) is 2.44. The van der Waals surface area contributed by atoms with Crippen molar-refractivity contribution in [3.05, 3.63) is 22.7 Å². The molecule has 1 heterocycles. The van der Waals surface area contributed by atoms with Crippen LogP contribution in [0.25, 0.3) is 0 Å². The minimum atomic E-state index is -3.63. The summed E-state index contributed by atoms with van der Waals surface area (Å²) < 4.78 is 32.8. The minimum Gasteiger partial charge on any atom is -0.398 e. The smallest absolute Gasteiger partial charge is 0.243 e. The fourth-order valence-corrected chi connectivity index (χ4v) is 4.50. The predicted molar refractivity (Wildman–Crippen MR) is 84.0 cm³/mol. The molecule has 1 aromatic rings. The number of rotatable bonds is 3. The van der Waals surface area contributed by atoms with E-state index in [2.05, 4.69) is 0 Å². The highest BCUT2D eigenvalue weighted by Gasteiger charge is 2.35. The summed E-state index contributed by atoms with van der Waals surface area (Å²) in [5, 5.41) is 0.364. The van der Waals surface area contributed by atoms with Crippen LogP contribution in [0.4, 0.5) is 5.69 Å². The molecule has 0 aromatic heterocycles. The van der Waals surface area contributed by atoms with Crippen molar-refractivity contribution in [1.82, 2.24) is 4.31 Å². The van der Waals surface area contributed by atoms with Gasteiger partial charge in [-0.2, -0.15) is 4.31 Å². The first-order chi connectivity index (χ1) is 9.77. The maximum Gasteiger partial charge on any atom is 0.243 e. The highest BCUT2D eigenvalue weighted by molar-refractivity contribution is 7.89. The van der Waals surface area contributed by atoms with E-state index in [4.69, 9.17) is 22.1 Å². The number of nitrogens with zero attached hydrogens (tertiary/aromatic N) is 1. The Hall–Kier alpha value is -0.820. The molecule has 0 saturated carbocycles. The van der Waals surface area contributed by atoms with E-state index >= 15 is 0 Å². The van der Waals surface area contributed by atoms with Crippen molar-refractivity contribution in [2.45, 2.75) is 44.2 Å². The number of morpholine rings is 1. The molecule has 2 atom stereocenters. The Morgan fingerprint density at radius 2 is 2.14 bits per heavy atom. The molecule has 1 aliphatic heterocycles. The second kappa shape index (κ2) is 6.12. The summed E-state index contributed by atoms with van der Waals surface area (Å²) in [5.74, 6) is 0. The summed E-state index contributed by atoms with van der Waals surface area (Å²) in [4.78, 5) is 0.142. The maximum absolute atomic E-state index is 12.9. The molecule has 2 unspecified atom stereocenters. The number of anilines is 1. The molecular formula is C14H21ClN2O3S. The molecule has 7 heteroatoms. The molecular weight excluding hydrogens is 312 g/mol. The normalized spacial score (nSPS) is 24.2. The van der Waals surface area contributed by atoms with Crippen LogP contribution in [0.5, 0.6) is 0 Å². The first-order valence-corrected chi connectivity index (χ1v) is 8.78. The molecule has 1 fully saturated rings. The number of sulfonamides is 1. The van der Waals surface area contributed by atoms with Crippen LogP contribution in [0, 0.1) is 6.92 Å². The van der Waals surface area contributed by atoms with Crippen LogP contribution in [0.15, 0.2) is 17.0 Å². The molecule has 1 aromatic carbocycles. The zero-order valence-electron chi connectivity index (χ0n) is 12.5. The third-order valence-corrected chi connectivity index (χ3v) is 6.14. The van der Waals surface area contributed by atoms with E-state index in [1.54, 1.807) is 6.92 Å². The van der Waals surface area contributed by atoms with E-state index in [0.717, 1.165) is 0 Å². The van der Waals surface area contributed by atoms with Gasteiger partial charge in [0, 0.05) is 23.3 Å². The van der Waals surface area contributed by atoms with Gasteiger partial charge in [-0.05, 0) is 38.0 Å². The second-order valence-corrected chi connectivity index (χ2v) is 7.70. The Kier molecular flexibility index (Phi) is 4.82. The Balaban J connectivity index is 2.45. The number of halogens is 1. The quantitative estimate of drug-likeness (QED) is 0.863. The second-order valence-electron chi connectivity index (χ2n) is 5.40. The molecule has 1 saturated heterocycles. The van der Waals surface area contributed by atoms with Crippen molar-refractivity contribution in [2.24, 2.45) is 0 Å². The Bertz CT molecular complexity index is 610. The highest BCUT2D eigenvalue weighted by atomic mass is 35.5. The molecule has 0 amide bonds. The van der Waals surface area contributed by atoms with Gasteiger partial charge in [-0.3, -0.25) is 0 Å². The first-order valence-electron chi connectivity index (χ1n) is 6.96. The predicted octanol–water partition coefficient (Wildman–Crippen LogP) is 2.42. The summed E-state index contributed by atoms with van der Waals surface area (Å²) in [7, 11) is -3.63. The third kappa shape index (κ3) is 3.18. The zero-order chi connectivity index (χ0) is 15.8. The summed E-state index contributed by atoms with van der Waals surface area (Å²) in [6.45, 7) is 6.33. The standard InChI is InChI=1S/C14H21ClN2O3S/c1-4-11-8-20-9(2)7-17(11)21(18,19)12-5-13(15)10(3)14(16)6-12/h5-6,9,11H,4,7-8,16H2,1-3H3. The number of nitrogen functional groups attached to an aromatic ring is 1. The van der Waals surface area contributed by atoms with Crippen LogP contribution in [0.2, 0.25) is 5.02 Å². The lowest BCUT2D eigenvalue weighted by atomic mass is 10.2. The van der Waals surface area contributed by atoms with Crippen molar-refractivity contribution >= 4 is 27.3 Å². The number of benzene rings is 1. The third-order valence-electron chi connectivity index (χ3n) is 3.85. The lowest BCUT2D eigenvalue weighted by molar-refractivity contribution is -0.0230. The van der Waals surface area contributed by atoms with Gasteiger partial charge in [0.25, 0.3) is 0 Å². The molecule has 2 rings (SSSR count). The monoisotopic (exact) mass is 332 g/mol. The molecule has 0 aliphatic carbocycles. The first kappa shape index (κ1) is 16.5. The summed E-state index contributed by atoms with van der Waals surface area (Å²) >= 11 is 6.08. The van der Waals surface area contributed by atoms with Gasteiger partial charge in [0.2, 0.25) is 10.0 Å². The Morgan fingerprint density at radius 3 is 2.71 bits per heavy atom. The molecule has 118 valence electrons. The zero-order valence-corrected chi connectivity index (χ0v) is 14.0. The fraction of sp³-hybridized carbons (Fsp3) is 0.571. The van der Waals surface area contributed by atoms with E-state index < -0.39 is 10.0 Å². The van der Waals surface area contributed by atoms with Gasteiger partial charge in [0.05, 0.1) is 17.6 Å². The number of nitrogens with two attached hydrogens (primary N) is 1. The lowest BCUT2D eigenvalue weighted by Crippen LogP contribution is -2.51. The van der Waals surface area contributed by atoms with Crippen LogP contribution in [-0.2, 0) is 14.8 Å². The van der Waals surface area contributed by atoms with Crippen molar-refractivity contribution < 1.29 is 13.2 Å². The summed E-state index contributed by atoms with van der Waals surface area (Å²) in [6, 6.07) is 2.78. The fourth-order valence-electron chi connectivity index (χ4n) is 2.39. The van der Waals surface area contributed by atoms with Gasteiger partial charge in [0.15, 0.2) is 0 Å². The van der Waals surface area contributed by atoms with E-state index in [1.807, 2.05) is 13.8 Å². The van der Waals surface area contributed by atoms with E-state index in [1.165, 1.54) is 16.4 Å². The van der Waals surface area contributed by atoms with Crippen molar-refractivity contribution in [3.63, 3.8) is 0 Å². The number of ether oxygens (including phenoxy) is 1. The van der Waals surface area contributed by atoms with E-state index in [0.29, 0.717) is 35.8 Å². The van der Waals surface area contributed by atoms with Crippen LogP contribution < -0.4 is 5.73 Å². The van der Waals surface area contributed by atoms with Gasteiger partial charge < -0.3 is 10.5 Å². The van der Waals surface area contributed by atoms with Crippen LogP contribution in [0.3, 0.4) is 0 Å². The van der Waals surface area contributed by atoms with Gasteiger partial charge in [-0.1, -0.05) is 18.5 Å². The number of hydrogen-bond acceptors (Lipinski definition) is 4. The lowest BCUT2D eigenvalue weighted by Gasteiger charge is -2.37. The van der Waals surface area contributed by atoms with Gasteiger partial charge in [-0.25, -0.2) is 8.42 Å². The molecule has 2 N–H and O–H groups in total. The topological polar surface area (TPSA) is 72.6 Å². The Morgan fingerprint density at radius 1 is 1.48 bits per heavy atom. The molecule has 0 bridgehead atoms. The van der Waals surface area contributed by atoms with Crippen molar-refractivity contribution in [1.29, 1.82) is 0 Å². The minimum absolute atomic E-state index is 0.124. The van der Waals surface area contributed by atoms with E-state index in [9.17, 15) is 8.42 Å². The van der Waals surface area contributed by atoms with Gasteiger partial charge >= 0.3 is 0 Å². The largest absolute Gasteiger partial charge is 0.398 e. The summed E-state index contributed by atoms with van der Waals surface area (Å²) in [6.07, 6.45) is 0.571. The van der Waals surface area contributed by atoms with Crippen molar-refractivity contribution in [3.8, 4) is 0 Å². The van der Waals surface area contributed by atoms with Gasteiger partial charge in [0.1, 0.15) is 0 Å². The van der Waals surface area contributed by atoms with Gasteiger partial charge in [-0.15, -0.1) is 0 Å². The van der Waals surface area contributed by atoms with Crippen LogP contribution in [0.1, 0.15) is 25.8 Å². The van der Waals surface area contributed by atoms with Crippen molar-refractivity contribution in [2.75, 3.05) is 18.9 Å². The average molecular weight is 333 g/mol. The molecule has 5 nitrogen and oxygen atoms in total. The highest BCUT2D eigenvalue weighted by Crippen LogP contribution is 2.30. The van der Waals surface area contributed by atoms with Crippen LogP contribution in [-0.4, -0.2) is 38.0 Å². The number of hydrogen-bond donors (Lipinski definition) is 1. The molecule has 0 radical (unpaired) electrons. The SMILES string of the molecule is CCC1COC(C)CN1S(=O)(=O)c1cc(N)c(C)c(Cl)c1. The molecule has 21 heavy (non-hydrogen) atoms. The summed E-state index contributed by atoms with van der Waals surface area (Å²) in [5.41, 5.74) is 6.93. The van der Waals surface area contributed by atoms with Crippen LogP contribution >= 0.6 is 11.6 Å². The molecule has 1 aliphatic rings. The maximum atomic E-state index is 12.9. The Labute approximate surface area is 131 Å². The van der Waals surface area contributed by atoms with E-state index in [-0.39, 0.29) is 17.0 Å².